The van der Waals surface area contributed by atoms with Gasteiger partial charge in [0.15, 0.2) is 0 Å². The number of hydrogen-bond donors (Lipinski definition) is 3. The first-order valence-electron chi connectivity index (χ1n) is 7.84. The van der Waals surface area contributed by atoms with Crippen molar-refractivity contribution in [1.29, 1.82) is 0 Å². The van der Waals surface area contributed by atoms with Gasteiger partial charge in [0.2, 0.25) is 17.7 Å². The largest absolute Gasteiger partial charge is 0.492 e. The summed E-state index contributed by atoms with van der Waals surface area (Å²) in [7, 11) is 3.07. The molecular formula is C16H19N3O5S2. The standard InChI is InChI=1S/C16H19N3O5S2/c20-12(8-11-25-26-13-4-1-2-9-18-13)17-10-3-5-16(23)24-19-14(21)6-7-15(19)22/h1-2,4,6-7,9,21-22H,3,5,8,10-11H2,(H,17,20). The average molecular weight is 397 g/mol. The van der Waals surface area contributed by atoms with E-state index >= 15 is 0 Å². The molecule has 0 fully saturated rings. The fraction of sp³-hybridized carbons (Fsp3) is 0.312. The highest BCUT2D eigenvalue weighted by Gasteiger charge is 2.12. The zero-order valence-electron chi connectivity index (χ0n) is 13.8. The van der Waals surface area contributed by atoms with E-state index < -0.39 is 5.97 Å². The van der Waals surface area contributed by atoms with Crippen LogP contribution in [0.25, 0.3) is 0 Å². The topological polar surface area (TPSA) is 114 Å². The molecule has 0 unspecified atom stereocenters. The molecule has 0 aliphatic heterocycles. The van der Waals surface area contributed by atoms with Crippen LogP contribution in [0, 0.1) is 0 Å². The van der Waals surface area contributed by atoms with Crippen LogP contribution in [0.3, 0.4) is 0 Å². The third-order valence-corrected chi connectivity index (χ3v) is 5.33. The van der Waals surface area contributed by atoms with E-state index in [1.807, 2.05) is 18.2 Å². The number of nitrogens with zero attached hydrogens (tertiary/aromatic N) is 2. The number of carbonyl (C=O) groups is 2. The molecule has 10 heteroatoms. The summed E-state index contributed by atoms with van der Waals surface area (Å²) < 4.78 is 0.636. The van der Waals surface area contributed by atoms with Crippen molar-refractivity contribution < 1.29 is 24.6 Å². The number of amides is 1. The Morgan fingerprint density at radius 1 is 1.15 bits per heavy atom. The minimum atomic E-state index is -0.622. The molecule has 0 aliphatic carbocycles. The van der Waals surface area contributed by atoms with Crippen molar-refractivity contribution in [2.24, 2.45) is 0 Å². The van der Waals surface area contributed by atoms with Crippen LogP contribution in [0.4, 0.5) is 0 Å². The maximum Gasteiger partial charge on any atom is 0.333 e. The highest BCUT2D eigenvalue weighted by Crippen LogP contribution is 2.29. The Hall–Kier alpha value is -2.33. The molecule has 2 heterocycles. The Kier molecular flexibility index (Phi) is 8.16. The summed E-state index contributed by atoms with van der Waals surface area (Å²) in [5.74, 6) is -0.798. The highest BCUT2D eigenvalue weighted by atomic mass is 33.1. The molecule has 26 heavy (non-hydrogen) atoms. The van der Waals surface area contributed by atoms with E-state index in [1.165, 1.54) is 22.9 Å². The van der Waals surface area contributed by atoms with Crippen molar-refractivity contribution in [1.82, 2.24) is 15.0 Å². The molecule has 2 aromatic heterocycles. The van der Waals surface area contributed by atoms with Gasteiger partial charge < -0.3 is 20.4 Å². The predicted molar refractivity (Wildman–Crippen MR) is 98.8 cm³/mol. The number of aromatic hydroxyl groups is 2. The molecule has 0 radical (unpaired) electrons. The lowest BCUT2D eigenvalue weighted by Crippen LogP contribution is -2.26. The van der Waals surface area contributed by atoms with Crippen molar-refractivity contribution in [2.75, 3.05) is 12.3 Å². The molecule has 0 aromatic carbocycles. The van der Waals surface area contributed by atoms with Gasteiger partial charge >= 0.3 is 5.97 Å². The van der Waals surface area contributed by atoms with Gasteiger partial charge in [-0.2, -0.15) is 0 Å². The first kappa shape index (κ1) is 20.0. The van der Waals surface area contributed by atoms with Crippen molar-refractivity contribution in [3.8, 4) is 11.8 Å². The van der Waals surface area contributed by atoms with Crippen LogP contribution in [-0.4, -0.2) is 44.1 Å². The summed E-state index contributed by atoms with van der Waals surface area (Å²) in [5.41, 5.74) is 0. The van der Waals surface area contributed by atoms with E-state index in [9.17, 15) is 19.8 Å². The van der Waals surface area contributed by atoms with E-state index in [0.29, 0.717) is 29.9 Å². The zero-order valence-corrected chi connectivity index (χ0v) is 15.5. The van der Waals surface area contributed by atoms with Crippen molar-refractivity contribution >= 4 is 33.5 Å². The predicted octanol–water partition coefficient (Wildman–Crippen LogP) is 1.98. The fourth-order valence-electron chi connectivity index (χ4n) is 1.82. The Morgan fingerprint density at radius 2 is 1.92 bits per heavy atom. The van der Waals surface area contributed by atoms with E-state index in [0.717, 1.165) is 5.03 Å². The van der Waals surface area contributed by atoms with Gasteiger partial charge in [0.1, 0.15) is 5.03 Å². The minimum Gasteiger partial charge on any atom is -0.492 e. The lowest BCUT2D eigenvalue weighted by atomic mass is 10.3. The fourth-order valence-corrected chi connectivity index (χ4v) is 3.69. The van der Waals surface area contributed by atoms with Gasteiger partial charge in [-0.15, -0.1) is 4.73 Å². The Bertz CT molecular complexity index is 704. The molecule has 140 valence electrons. The molecule has 0 spiro atoms. The number of carbonyl (C=O) groups excluding carboxylic acids is 2. The summed E-state index contributed by atoms with van der Waals surface area (Å²) in [6.45, 7) is 0.343. The second-order valence-corrected chi connectivity index (χ2v) is 7.52. The minimum absolute atomic E-state index is 0.0433. The van der Waals surface area contributed by atoms with Gasteiger partial charge in [-0.1, -0.05) is 16.9 Å². The molecule has 0 bridgehead atoms. The molecule has 2 rings (SSSR count). The lowest BCUT2D eigenvalue weighted by molar-refractivity contribution is -0.145. The van der Waals surface area contributed by atoms with E-state index in [4.69, 9.17) is 4.84 Å². The first-order chi connectivity index (χ1) is 12.6. The van der Waals surface area contributed by atoms with Crippen LogP contribution in [0.2, 0.25) is 0 Å². The van der Waals surface area contributed by atoms with Gasteiger partial charge in [-0.05, 0) is 29.3 Å². The van der Waals surface area contributed by atoms with Crippen LogP contribution in [0.1, 0.15) is 19.3 Å². The number of aromatic nitrogens is 2. The zero-order chi connectivity index (χ0) is 18.8. The molecule has 0 aliphatic rings. The molecule has 0 atom stereocenters. The third kappa shape index (κ3) is 6.89. The van der Waals surface area contributed by atoms with Gasteiger partial charge in [0.25, 0.3) is 0 Å². The maximum atomic E-state index is 11.7. The highest BCUT2D eigenvalue weighted by molar-refractivity contribution is 8.76. The molecule has 3 N–H and O–H groups in total. The maximum absolute atomic E-state index is 11.7. The van der Waals surface area contributed by atoms with Crippen molar-refractivity contribution in [3.63, 3.8) is 0 Å². The lowest BCUT2D eigenvalue weighted by Gasteiger charge is -2.07. The second kappa shape index (κ2) is 10.6. The summed E-state index contributed by atoms with van der Waals surface area (Å²) >= 11 is 0. The molecule has 1 amide bonds. The van der Waals surface area contributed by atoms with Crippen LogP contribution in [0.5, 0.6) is 11.8 Å². The van der Waals surface area contributed by atoms with Gasteiger partial charge in [-0.25, -0.2) is 9.78 Å². The Balaban J connectivity index is 1.52. The van der Waals surface area contributed by atoms with Crippen LogP contribution in [0.15, 0.2) is 41.6 Å². The third-order valence-electron chi connectivity index (χ3n) is 3.07. The van der Waals surface area contributed by atoms with Crippen LogP contribution in [-0.2, 0) is 9.59 Å². The molecule has 8 nitrogen and oxygen atoms in total. The summed E-state index contributed by atoms with van der Waals surface area (Å²) in [4.78, 5) is 32.3. The number of pyridine rings is 1. The molecule has 0 saturated heterocycles. The van der Waals surface area contributed by atoms with E-state index in [1.54, 1.807) is 17.0 Å². The Morgan fingerprint density at radius 3 is 2.62 bits per heavy atom. The van der Waals surface area contributed by atoms with Crippen LogP contribution < -0.4 is 10.2 Å². The van der Waals surface area contributed by atoms with E-state index in [-0.39, 0.29) is 24.1 Å². The summed E-state index contributed by atoms with van der Waals surface area (Å²) in [6, 6.07) is 8.07. The summed E-state index contributed by atoms with van der Waals surface area (Å²) in [5, 5.41) is 22.3. The SMILES string of the molecule is O=C(CCSSc1ccccn1)NCCCC(=O)On1c(O)ccc1O. The molecule has 2 aromatic rings. The first-order valence-corrected chi connectivity index (χ1v) is 10.2. The monoisotopic (exact) mass is 397 g/mol. The average Bonchev–Trinajstić information content (AvgIpc) is 2.95. The van der Waals surface area contributed by atoms with Crippen LogP contribution >= 0.6 is 21.6 Å². The molecule has 0 saturated carbocycles. The number of hydrogen-bond acceptors (Lipinski definition) is 8. The smallest absolute Gasteiger partial charge is 0.333 e. The Labute approximate surface area is 158 Å². The quantitative estimate of drug-likeness (QED) is 0.412. The normalized spacial score (nSPS) is 10.5. The van der Waals surface area contributed by atoms with Crippen molar-refractivity contribution in [2.45, 2.75) is 24.3 Å². The van der Waals surface area contributed by atoms with E-state index in [2.05, 4.69) is 10.3 Å². The molecular weight excluding hydrogens is 378 g/mol. The summed E-state index contributed by atoms with van der Waals surface area (Å²) in [6.07, 6.45) is 2.53. The van der Waals surface area contributed by atoms with Gasteiger partial charge in [0, 0.05) is 43.5 Å². The number of nitrogens with one attached hydrogen (secondary N) is 1. The van der Waals surface area contributed by atoms with Crippen molar-refractivity contribution in [3.05, 3.63) is 36.5 Å². The van der Waals surface area contributed by atoms with Gasteiger partial charge in [-0.3, -0.25) is 4.79 Å². The van der Waals surface area contributed by atoms with Gasteiger partial charge in [0.05, 0.1) is 0 Å². The number of rotatable bonds is 10. The second-order valence-electron chi connectivity index (χ2n) is 5.08.